The van der Waals surface area contributed by atoms with Crippen molar-refractivity contribution in [1.82, 2.24) is 9.55 Å². The summed E-state index contributed by atoms with van der Waals surface area (Å²) in [6.45, 7) is 7.64. The zero-order valence-electron chi connectivity index (χ0n) is 12.2. The van der Waals surface area contributed by atoms with Gasteiger partial charge in [0.2, 0.25) is 5.43 Å². The fraction of sp³-hybridized carbons (Fsp3) is 0.188. The van der Waals surface area contributed by atoms with E-state index in [2.05, 4.69) is 18.1 Å². The molecule has 2 aromatic heterocycles. The normalized spacial score (nSPS) is 10.4. The van der Waals surface area contributed by atoms with Gasteiger partial charge in [-0.05, 0) is 6.07 Å². The first-order valence-electron chi connectivity index (χ1n) is 6.59. The summed E-state index contributed by atoms with van der Waals surface area (Å²) in [6.07, 6.45) is 5.04. The van der Waals surface area contributed by atoms with Gasteiger partial charge in [-0.3, -0.25) is 4.79 Å². The molecule has 0 aliphatic rings. The van der Waals surface area contributed by atoms with Crippen LogP contribution in [0.15, 0.2) is 42.4 Å². The molecule has 1 N–H and O–H groups in total. The van der Waals surface area contributed by atoms with Gasteiger partial charge in [-0.1, -0.05) is 12.2 Å². The lowest BCUT2D eigenvalue weighted by molar-refractivity contribution is 0.0695. The zero-order valence-corrected chi connectivity index (χ0v) is 12.2. The lowest BCUT2D eigenvalue weighted by Crippen LogP contribution is -2.20. The fourth-order valence-electron chi connectivity index (χ4n) is 2.22. The second-order valence-electron chi connectivity index (χ2n) is 4.62. The van der Waals surface area contributed by atoms with Gasteiger partial charge in [0.1, 0.15) is 17.0 Å². The zero-order chi connectivity index (χ0) is 16.3. The van der Waals surface area contributed by atoms with Gasteiger partial charge in [0.15, 0.2) is 0 Å². The van der Waals surface area contributed by atoms with Crippen molar-refractivity contribution < 1.29 is 14.6 Å². The van der Waals surface area contributed by atoms with Crippen molar-refractivity contribution in [2.24, 2.45) is 0 Å². The highest BCUT2D eigenvalue weighted by Crippen LogP contribution is 2.22. The summed E-state index contributed by atoms with van der Waals surface area (Å²) in [5, 5.41) is 9.38. The van der Waals surface area contributed by atoms with Crippen LogP contribution in [-0.4, -0.2) is 27.7 Å². The minimum absolute atomic E-state index is 0.200. The Balaban J connectivity index is 2.91. The Hall–Kier alpha value is -2.89. The number of methoxy groups -OCH3 is 1. The van der Waals surface area contributed by atoms with Gasteiger partial charge in [-0.15, -0.1) is 13.2 Å². The standard InChI is InChI=1S/C16H16N2O4/c1-4-6-12-13(22-3)8-10-14(19)11(16(20)21)9-18(7-5-2)15(10)17-12/h4-5,8-9H,1-2,6-7H2,3H3,(H,20,21). The molecule has 22 heavy (non-hydrogen) atoms. The van der Waals surface area contributed by atoms with E-state index in [0.717, 1.165) is 0 Å². The highest BCUT2D eigenvalue weighted by Gasteiger charge is 2.17. The third-order valence-corrected chi connectivity index (χ3v) is 3.20. The summed E-state index contributed by atoms with van der Waals surface area (Å²) >= 11 is 0. The molecule has 0 aliphatic carbocycles. The van der Waals surface area contributed by atoms with E-state index in [-0.39, 0.29) is 10.9 Å². The van der Waals surface area contributed by atoms with Gasteiger partial charge >= 0.3 is 5.97 Å². The summed E-state index contributed by atoms with van der Waals surface area (Å²) in [4.78, 5) is 28.0. The number of carboxylic acid groups (broad SMARTS) is 1. The molecule has 2 rings (SSSR count). The number of hydrogen-bond acceptors (Lipinski definition) is 4. The Kier molecular flexibility index (Phi) is 4.41. The van der Waals surface area contributed by atoms with Crippen molar-refractivity contribution >= 4 is 17.0 Å². The minimum atomic E-state index is -1.28. The van der Waals surface area contributed by atoms with E-state index in [9.17, 15) is 14.7 Å². The lowest BCUT2D eigenvalue weighted by Gasteiger charge is -2.13. The van der Waals surface area contributed by atoms with Gasteiger partial charge in [0.25, 0.3) is 0 Å². The highest BCUT2D eigenvalue weighted by molar-refractivity contribution is 5.92. The van der Waals surface area contributed by atoms with Crippen molar-refractivity contribution in [2.45, 2.75) is 13.0 Å². The van der Waals surface area contributed by atoms with Crippen LogP contribution in [0.1, 0.15) is 16.1 Å². The number of rotatable bonds is 6. The largest absolute Gasteiger partial charge is 0.495 e. The van der Waals surface area contributed by atoms with Gasteiger partial charge in [0, 0.05) is 19.2 Å². The Morgan fingerprint density at radius 1 is 1.45 bits per heavy atom. The van der Waals surface area contributed by atoms with Crippen molar-refractivity contribution in [2.75, 3.05) is 7.11 Å². The molecule has 0 unspecified atom stereocenters. The maximum absolute atomic E-state index is 12.3. The Labute approximate surface area is 127 Å². The van der Waals surface area contributed by atoms with Crippen LogP contribution in [0.25, 0.3) is 11.0 Å². The molecular formula is C16H16N2O4. The number of allylic oxidation sites excluding steroid dienone is 2. The molecule has 2 aromatic rings. The molecule has 6 heteroatoms. The van der Waals surface area contributed by atoms with Crippen LogP contribution in [0.4, 0.5) is 0 Å². The number of fused-ring (bicyclic) bond motifs is 1. The number of nitrogens with zero attached hydrogens (tertiary/aromatic N) is 2. The van der Waals surface area contributed by atoms with E-state index >= 15 is 0 Å². The van der Waals surface area contributed by atoms with E-state index in [1.54, 1.807) is 16.7 Å². The molecule has 6 nitrogen and oxygen atoms in total. The number of hydrogen-bond donors (Lipinski definition) is 1. The van der Waals surface area contributed by atoms with E-state index in [4.69, 9.17) is 4.74 Å². The molecule has 2 heterocycles. The maximum atomic E-state index is 12.3. The van der Waals surface area contributed by atoms with Crippen LogP contribution in [0.2, 0.25) is 0 Å². The second-order valence-corrected chi connectivity index (χ2v) is 4.62. The van der Waals surface area contributed by atoms with Gasteiger partial charge < -0.3 is 14.4 Å². The molecule has 0 aromatic carbocycles. The van der Waals surface area contributed by atoms with Crippen molar-refractivity contribution in [3.8, 4) is 5.75 Å². The van der Waals surface area contributed by atoms with Crippen LogP contribution in [-0.2, 0) is 13.0 Å². The van der Waals surface area contributed by atoms with Crippen molar-refractivity contribution in [1.29, 1.82) is 0 Å². The second kappa shape index (κ2) is 6.26. The lowest BCUT2D eigenvalue weighted by atomic mass is 10.1. The van der Waals surface area contributed by atoms with E-state index < -0.39 is 11.4 Å². The molecular weight excluding hydrogens is 284 g/mol. The first-order valence-corrected chi connectivity index (χ1v) is 6.59. The number of ether oxygens (including phenoxy) is 1. The number of aromatic nitrogens is 2. The predicted octanol–water partition coefficient (Wildman–Crippen LogP) is 2.02. The summed E-state index contributed by atoms with van der Waals surface area (Å²) < 4.78 is 6.82. The Morgan fingerprint density at radius 3 is 2.73 bits per heavy atom. The van der Waals surface area contributed by atoms with E-state index in [1.807, 2.05) is 0 Å². The van der Waals surface area contributed by atoms with Crippen molar-refractivity contribution in [3.05, 3.63) is 59.1 Å². The molecule has 0 amide bonds. The molecule has 0 spiro atoms. The maximum Gasteiger partial charge on any atom is 0.341 e. The summed E-state index contributed by atoms with van der Waals surface area (Å²) in [7, 11) is 1.47. The van der Waals surface area contributed by atoms with Crippen LogP contribution < -0.4 is 10.2 Å². The summed E-state index contributed by atoms with van der Waals surface area (Å²) in [5.41, 5.74) is 0.131. The molecule has 0 bridgehead atoms. The Morgan fingerprint density at radius 2 is 2.18 bits per heavy atom. The smallest absolute Gasteiger partial charge is 0.341 e. The fourth-order valence-corrected chi connectivity index (χ4v) is 2.22. The molecule has 0 saturated carbocycles. The third-order valence-electron chi connectivity index (χ3n) is 3.20. The monoisotopic (exact) mass is 300 g/mol. The number of carboxylic acids is 1. The topological polar surface area (TPSA) is 81.4 Å². The van der Waals surface area contributed by atoms with Crippen LogP contribution in [0, 0.1) is 0 Å². The molecule has 0 atom stereocenters. The summed E-state index contributed by atoms with van der Waals surface area (Å²) in [5.74, 6) is -0.851. The quantitative estimate of drug-likeness (QED) is 0.825. The highest BCUT2D eigenvalue weighted by atomic mass is 16.5. The van der Waals surface area contributed by atoms with Crippen LogP contribution in [0.5, 0.6) is 5.75 Å². The molecule has 114 valence electrons. The van der Waals surface area contributed by atoms with E-state index in [0.29, 0.717) is 30.1 Å². The predicted molar refractivity (Wildman–Crippen MR) is 83.6 cm³/mol. The molecule has 0 radical (unpaired) electrons. The van der Waals surface area contributed by atoms with Gasteiger partial charge in [0.05, 0.1) is 18.2 Å². The van der Waals surface area contributed by atoms with Crippen LogP contribution >= 0.6 is 0 Å². The first kappa shape index (κ1) is 15.5. The third kappa shape index (κ3) is 2.63. The SMILES string of the molecule is C=CCc1nc2c(cc1OC)c(=O)c(C(=O)O)cn2CC=C. The molecule has 0 saturated heterocycles. The van der Waals surface area contributed by atoms with Gasteiger partial charge in [-0.25, -0.2) is 9.78 Å². The number of carbonyl (C=O) groups is 1. The molecule has 0 fully saturated rings. The van der Waals surface area contributed by atoms with Crippen LogP contribution in [0.3, 0.4) is 0 Å². The van der Waals surface area contributed by atoms with E-state index in [1.165, 1.54) is 19.4 Å². The van der Waals surface area contributed by atoms with Gasteiger partial charge in [-0.2, -0.15) is 0 Å². The minimum Gasteiger partial charge on any atom is -0.495 e. The average Bonchev–Trinajstić information content (AvgIpc) is 2.49. The number of aromatic carboxylic acids is 1. The number of pyridine rings is 2. The average molecular weight is 300 g/mol. The molecule has 0 aliphatic heterocycles. The Bertz CT molecular complexity index is 821. The summed E-state index contributed by atoms with van der Waals surface area (Å²) in [6, 6.07) is 1.52. The first-order chi connectivity index (χ1) is 10.5. The van der Waals surface area contributed by atoms with Crippen molar-refractivity contribution in [3.63, 3.8) is 0 Å².